The van der Waals surface area contributed by atoms with Gasteiger partial charge >= 0.3 is 0 Å². The Kier molecular flexibility index (Phi) is 5.04. The second kappa shape index (κ2) is 5.51. The molecular formula is C10H17FN2. The van der Waals surface area contributed by atoms with E-state index in [1.165, 1.54) is 0 Å². The van der Waals surface area contributed by atoms with Crippen LogP contribution in [0.5, 0.6) is 0 Å². The highest BCUT2D eigenvalue weighted by molar-refractivity contribution is 5.37. The van der Waals surface area contributed by atoms with Crippen LogP contribution in [0.3, 0.4) is 0 Å². The van der Waals surface area contributed by atoms with Gasteiger partial charge in [-0.05, 0) is 13.0 Å². The lowest BCUT2D eigenvalue weighted by Gasteiger charge is -2.10. The molecule has 0 amide bonds. The summed E-state index contributed by atoms with van der Waals surface area (Å²) in [5.41, 5.74) is 0.579. The smallest absolute Gasteiger partial charge is 0.217 e. The van der Waals surface area contributed by atoms with E-state index >= 15 is 0 Å². The lowest BCUT2D eigenvalue weighted by atomic mass is 10.3. The molecule has 0 bridgehead atoms. The topological polar surface area (TPSA) is 16.1 Å². The van der Waals surface area contributed by atoms with Gasteiger partial charge in [0.1, 0.15) is 5.82 Å². The number of pyridine rings is 1. The van der Waals surface area contributed by atoms with Crippen LogP contribution in [-0.2, 0) is 0 Å². The fourth-order valence-corrected chi connectivity index (χ4v) is 0.743. The molecule has 1 aromatic rings. The first kappa shape index (κ1) is 11.9. The molecule has 0 atom stereocenters. The van der Waals surface area contributed by atoms with E-state index in [2.05, 4.69) is 4.98 Å². The molecule has 3 heteroatoms. The van der Waals surface area contributed by atoms with Gasteiger partial charge in [0.25, 0.3) is 0 Å². The summed E-state index contributed by atoms with van der Waals surface area (Å²) < 4.78 is 12.8. The third-order valence-corrected chi connectivity index (χ3v) is 1.48. The van der Waals surface area contributed by atoms with E-state index in [9.17, 15) is 4.39 Å². The number of hydrogen-bond acceptors (Lipinski definition) is 2. The Morgan fingerprint density at radius 3 is 2.15 bits per heavy atom. The molecule has 1 rings (SSSR count). The van der Waals surface area contributed by atoms with Crippen molar-refractivity contribution in [1.82, 2.24) is 4.98 Å². The number of hydrogen-bond donors (Lipinski definition) is 0. The van der Waals surface area contributed by atoms with Crippen LogP contribution in [0.1, 0.15) is 19.4 Å². The van der Waals surface area contributed by atoms with Gasteiger partial charge < -0.3 is 4.90 Å². The molecule has 2 nitrogen and oxygen atoms in total. The van der Waals surface area contributed by atoms with Crippen LogP contribution in [0.25, 0.3) is 0 Å². The van der Waals surface area contributed by atoms with Crippen molar-refractivity contribution in [1.29, 1.82) is 0 Å². The molecule has 13 heavy (non-hydrogen) atoms. The molecule has 0 saturated heterocycles. The molecule has 74 valence electrons. The van der Waals surface area contributed by atoms with Crippen LogP contribution < -0.4 is 4.90 Å². The fraction of sp³-hybridized carbons (Fsp3) is 0.500. The van der Waals surface area contributed by atoms with E-state index in [0.29, 0.717) is 11.4 Å². The summed E-state index contributed by atoms with van der Waals surface area (Å²) in [5.74, 6) is 0.254. The molecule has 0 aliphatic heterocycles. The Morgan fingerprint density at radius 2 is 1.77 bits per heavy atom. The number of nitrogens with zero attached hydrogens (tertiary/aromatic N) is 2. The molecule has 0 aromatic carbocycles. The summed E-state index contributed by atoms with van der Waals surface area (Å²) in [5, 5.41) is 0. The van der Waals surface area contributed by atoms with Crippen molar-refractivity contribution < 1.29 is 4.39 Å². The van der Waals surface area contributed by atoms with Crippen molar-refractivity contribution in [3.05, 3.63) is 23.6 Å². The summed E-state index contributed by atoms with van der Waals surface area (Å²) in [6, 6.07) is 3.51. The van der Waals surface area contributed by atoms with Gasteiger partial charge in [0.05, 0.1) is 0 Å². The molecule has 0 saturated carbocycles. The van der Waals surface area contributed by atoms with Crippen LogP contribution in [0, 0.1) is 12.9 Å². The summed E-state index contributed by atoms with van der Waals surface area (Å²) >= 11 is 0. The van der Waals surface area contributed by atoms with Crippen molar-refractivity contribution in [2.75, 3.05) is 19.0 Å². The average Bonchev–Trinajstić information content (AvgIpc) is 2.13. The van der Waals surface area contributed by atoms with E-state index < -0.39 is 5.95 Å². The van der Waals surface area contributed by atoms with Gasteiger partial charge in [0, 0.05) is 19.7 Å². The molecule has 1 aromatic heterocycles. The van der Waals surface area contributed by atoms with Crippen LogP contribution >= 0.6 is 0 Å². The van der Waals surface area contributed by atoms with Crippen molar-refractivity contribution in [3.63, 3.8) is 0 Å². The van der Waals surface area contributed by atoms with Gasteiger partial charge in [-0.1, -0.05) is 19.9 Å². The zero-order chi connectivity index (χ0) is 10.4. The van der Waals surface area contributed by atoms with Crippen LogP contribution in [0.2, 0.25) is 0 Å². The highest BCUT2D eigenvalue weighted by Gasteiger charge is 2.01. The Balaban J connectivity index is 0.000000671. The maximum absolute atomic E-state index is 12.8. The molecule has 1 heterocycles. The largest absolute Gasteiger partial charge is 0.363 e. The minimum atomic E-state index is -0.392. The Labute approximate surface area is 79.4 Å². The molecule has 0 N–H and O–H groups in total. The van der Waals surface area contributed by atoms with Gasteiger partial charge in [0.15, 0.2) is 0 Å². The maximum atomic E-state index is 12.8. The quantitative estimate of drug-likeness (QED) is 0.624. The number of halogens is 1. The number of aromatic nitrogens is 1. The fourth-order valence-electron chi connectivity index (χ4n) is 0.743. The third-order valence-electron chi connectivity index (χ3n) is 1.48. The third kappa shape index (κ3) is 3.40. The van der Waals surface area contributed by atoms with Crippen molar-refractivity contribution in [3.8, 4) is 0 Å². The van der Waals surface area contributed by atoms with Crippen molar-refractivity contribution in [2.45, 2.75) is 20.8 Å². The number of anilines is 1. The van der Waals surface area contributed by atoms with Crippen molar-refractivity contribution in [2.24, 2.45) is 0 Å². The SMILES string of the molecule is CC.Cc1ccc(N(C)C)nc1F. The maximum Gasteiger partial charge on any atom is 0.217 e. The Morgan fingerprint density at radius 1 is 1.23 bits per heavy atom. The van der Waals surface area contributed by atoms with Crippen LogP contribution in [0.4, 0.5) is 10.2 Å². The van der Waals surface area contributed by atoms with Gasteiger partial charge in [-0.25, -0.2) is 4.98 Å². The summed E-state index contributed by atoms with van der Waals surface area (Å²) in [6.45, 7) is 5.70. The molecule has 0 fully saturated rings. The van der Waals surface area contributed by atoms with Crippen LogP contribution in [-0.4, -0.2) is 19.1 Å². The predicted molar refractivity (Wildman–Crippen MR) is 54.6 cm³/mol. The lowest BCUT2D eigenvalue weighted by molar-refractivity contribution is 0.574. The molecule has 0 radical (unpaired) electrons. The normalized spacial score (nSPS) is 8.77. The average molecular weight is 184 g/mol. The number of aryl methyl sites for hydroxylation is 1. The first-order valence-electron chi connectivity index (χ1n) is 4.41. The first-order valence-corrected chi connectivity index (χ1v) is 4.41. The second-order valence-corrected chi connectivity index (χ2v) is 2.67. The zero-order valence-corrected chi connectivity index (χ0v) is 8.93. The van der Waals surface area contributed by atoms with E-state index in [1.807, 2.05) is 27.9 Å². The first-order chi connectivity index (χ1) is 6.11. The summed E-state index contributed by atoms with van der Waals surface area (Å²) in [4.78, 5) is 5.50. The van der Waals surface area contributed by atoms with Gasteiger partial charge in [-0.3, -0.25) is 0 Å². The lowest BCUT2D eigenvalue weighted by Crippen LogP contribution is -2.11. The van der Waals surface area contributed by atoms with Crippen molar-refractivity contribution >= 4 is 5.82 Å². The molecule has 0 spiro atoms. The van der Waals surface area contributed by atoms with E-state index in [-0.39, 0.29) is 0 Å². The van der Waals surface area contributed by atoms with Gasteiger partial charge in [-0.2, -0.15) is 4.39 Å². The van der Waals surface area contributed by atoms with E-state index in [4.69, 9.17) is 0 Å². The van der Waals surface area contributed by atoms with Gasteiger partial charge in [0.2, 0.25) is 5.95 Å². The Bertz CT molecular complexity index is 259. The van der Waals surface area contributed by atoms with Gasteiger partial charge in [-0.15, -0.1) is 0 Å². The summed E-state index contributed by atoms with van der Waals surface area (Å²) in [6.07, 6.45) is 0. The molecule has 0 unspecified atom stereocenters. The second-order valence-electron chi connectivity index (χ2n) is 2.67. The standard InChI is InChI=1S/C8H11FN2.C2H6/c1-6-4-5-7(11(2)3)10-8(6)9;1-2/h4-5H,1-3H3;1-2H3. The summed E-state index contributed by atoms with van der Waals surface area (Å²) in [7, 11) is 3.66. The molecular weight excluding hydrogens is 167 g/mol. The molecule has 0 aliphatic rings. The predicted octanol–water partition coefficient (Wildman–Crippen LogP) is 2.62. The monoisotopic (exact) mass is 184 g/mol. The Hall–Kier alpha value is -1.12. The highest BCUT2D eigenvalue weighted by Crippen LogP contribution is 2.10. The van der Waals surface area contributed by atoms with E-state index in [0.717, 1.165) is 0 Å². The zero-order valence-electron chi connectivity index (χ0n) is 8.93. The highest BCUT2D eigenvalue weighted by atomic mass is 19.1. The number of rotatable bonds is 1. The minimum Gasteiger partial charge on any atom is -0.363 e. The van der Waals surface area contributed by atoms with Crippen LogP contribution in [0.15, 0.2) is 12.1 Å². The minimum absolute atomic E-state index is 0.392. The molecule has 0 aliphatic carbocycles. The van der Waals surface area contributed by atoms with E-state index in [1.54, 1.807) is 24.0 Å².